The van der Waals surface area contributed by atoms with Gasteiger partial charge in [0.15, 0.2) is 5.78 Å². The van der Waals surface area contributed by atoms with E-state index in [1.165, 1.54) is 24.5 Å². The average Bonchev–Trinajstić information content (AvgIpc) is 2.68. The molecule has 0 radical (unpaired) electrons. The van der Waals surface area contributed by atoms with Crippen LogP contribution in [0, 0.1) is 10.1 Å². The summed E-state index contributed by atoms with van der Waals surface area (Å²) in [7, 11) is -2.83. The molecule has 3 rings (SSSR count). The summed E-state index contributed by atoms with van der Waals surface area (Å²) in [4.78, 5) is 24.0. The number of hydrogen-bond acceptors (Lipinski definition) is 5. The van der Waals surface area contributed by atoms with Crippen molar-refractivity contribution >= 4 is 26.9 Å². The third-order valence-corrected chi connectivity index (χ3v) is 5.62. The largest absolute Gasteiger partial charge is 0.289 e. The maximum atomic E-state index is 13.1. The molecule has 0 bridgehead atoms. The van der Waals surface area contributed by atoms with E-state index >= 15 is 0 Å². The zero-order chi connectivity index (χ0) is 19.4. The van der Waals surface area contributed by atoms with Crippen molar-refractivity contribution in [1.29, 1.82) is 0 Å². The smallest absolute Gasteiger partial charge is 0.270 e. The molecule has 7 heteroatoms. The fraction of sp³-hybridized carbons (Fsp3) is 0.0500. The molecule has 0 fully saturated rings. The number of hydrogen-bond donors (Lipinski definition) is 0. The lowest BCUT2D eigenvalue weighted by molar-refractivity contribution is -0.384. The first-order valence-electron chi connectivity index (χ1n) is 8.04. The highest BCUT2D eigenvalue weighted by Crippen LogP contribution is 2.29. The van der Waals surface area contributed by atoms with Gasteiger partial charge in [0.2, 0.25) is 0 Å². The highest BCUT2D eigenvalue weighted by molar-refractivity contribution is 7.93. The molecule has 1 atom stereocenters. The molecule has 0 aliphatic rings. The van der Waals surface area contributed by atoms with Gasteiger partial charge >= 0.3 is 0 Å². The van der Waals surface area contributed by atoms with Gasteiger partial charge in [-0.1, -0.05) is 48.5 Å². The zero-order valence-corrected chi connectivity index (χ0v) is 15.3. The predicted molar refractivity (Wildman–Crippen MR) is 104 cm³/mol. The number of nitrogens with zero attached hydrogens (tertiary/aromatic N) is 2. The minimum atomic E-state index is -2.83. The van der Waals surface area contributed by atoms with E-state index in [1.54, 1.807) is 60.7 Å². The summed E-state index contributed by atoms with van der Waals surface area (Å²) in [6, 6.07) is 20.9. The van der Waals surface area contributed by atoms with Crippen LogP contribution in [0.1, 0.15) is 15.9 Å². The Morgan fingerprint density at radius 3 is 2.15 bits per heavy atom. The number of ketones is 1. The molecule has 0 spiro atoms. The second-order valence-electron chi connectivity index (χ2n) is 5.86. The van der Waals surface area contributed by atoms with Gasteiger partial charge < -0.3 is 0 Å². The van der Waals surface area contributed by atoms with E-state index in [0.717, 1.165) is 0 Å². The number of non-ortho nitro benzene ring substituents is 1. The fourth-order valence-electron chi connectivity index (χ4n) is 2.56. The Balaban J connectivity index is 2.19. The molecular formula is C20H16N2O4S. The number of nitro groups is 1. The second kappa shape index (κ2) is 7.51. The Labute approximate surface area is 156 Å². The molecule has 27 heavy (non-hydrogen) atoms. The van der Waals surface area contributed by atoms with Crippen LogP contribution in [-0.4, -0.2) is 21.2 Å². The van der Waals surface area contributed by atoms with Crippen molar-refractivity contribution in [3.8, 4) is 0 Å². The Morgan fingerprint density at radius 1 is 0.963 bits per heavy atom. The lowest BCUT2D eigenvalue weighted by Gasteiger charge is -2.08. The predicted octanol–water partition coefficient (Wildman–Crippen LogP) is 4.61. The van der Waals surface area contributed by atoms with Crippen LogP contribution in [0.25, 0.3) is 0 Å². The number of benzene rings is 3. The molecule has 136 valence electrons. The van der Waals surface area contributed by atoms with Gasteiger partial charge in [0, 0.05) is 28.8 Å². The molecule has 3 aromatic rings. The van der Waals surface area contributed by atoms with Gasteiger partial charge in [-0.25, -0.2) is 4.21 Å². The topological polar surface area (TPSA) is 89.6 Å². The number of carbonyl (C=O) groups is 1. The van der Waals surface area contributed by atoms with Crippen LogP contribution in [0.5, 0.6) is 0 Å². The van der Waals surface area contributed by atoms with E-state index in [9.17, 15) is 19.1 Å². The van der Waals surface area contributed by atoms with E-state index in [0.29, 0.717) is 10.5 Å². The van der Waals surface area contributed by atoms with Crippen LogP contribution >= 0.6 is 0 Å². The molecule has 0 heterocycles. The molecule has 0 saturated heterocycles. The normalized spacial score (nSPS) is 12.8. The Bertz CT molecular complexity index is 1120. The quantitative estimate of drug-likeness (QED) is 0.367. The minimum absolute atomic E-state index is 0.0425. The van der Waals surface area contributed by atoms with Crippen LogP contribution < -0.4 is 0 Å². The number of carbonyl (C=O) groups excluding carboxylic acids is 1. The molecule has 0 saturated carbocycles. The summed E-state index contributed by atoms with van der Waals surface area (Å²) in [5.41, 5.74) is 0.346. The van der Waals surface area contributed by atoms with Crippen LogP contribution in [-0.2, 0) is 9.73 Å². The third kappa shape index (κ3) is 4.09. The van der Waals surface area contributed by atoms with Gasteiger partial charge in [-0.15, -0.1) is 0 Å². The van der Waals surface area contributed by atoms with Crippen LogP contribution in [0.15, 0.2) is 88.1 Å². The Morgan fingerprint density at radius 2 is 1.56 bits per heavy atom. The van der Waals surface area contributed by atoms with Crippen molar-refractivity contribution in [1.82, 2.24) is 0 Å². The summed E-state index contributed by atoms with van der Waals surface area (Å²) in [5.74, 6) is -0.415. The van der Waals surface area contributed by atoms with E-state index in [1.807, 2.05) is 0 Å². The van der Waals surface area contributed by atoms with Crippen molar-refractivity contribution in [3.63, 3.8) is 0 Å². The first-order valence-corrected chi connectivity index (χ1v) is 9.96. The second-order valence-corrected chi connectivity index (χ2v) is 8.12. The van der Waals surface area contributed by atoms with Gasteiger partial charge in [-0.2, -0.15) is 4.36 Å². The van der Waals surface area contributed by atoms with Crippen molar-refractivity contribution in [2.75, 3.05) is 6.26 Å². The number of rotatable bonds is 5. The molecule has 0 aliphatic carbocycles. The van der Waals surface area contributed by atoms with Gasteiger partial charge in [0.25, 0.3) is 5.69 Å². The standard InChI is InChI=1S/C20H16N2O4S/c1-27(26,17-10-6-3-7-11-17)21-19-13-12-16(22(24)25)14-18(19)20(23)15-8-4-2-5-9-15/h2-14H,1H3. The van der Waals surface area contributed by atoms with E-state index in [2.05, 4.69) is 4.36 Å². The SMILES string of the molecule is CS(=O)(=Nc1ccc([N+](=O)[O-])cc1C(=O)c1ccccc1)c1ccccc1. The highest BCUT2D eigenvalue weighted by Gasteiger charge is 2.19. The first-order chi connectivity index (χ1) is 12.9. The third-order valence-electron chi connectivity index (χ3n) is 3.92. The summed E-state index contributed by atoms with van der Waals surface area (Å²) in [5, 5.41) is 11.1. The van der Waals surface area contributed by atoms with Gasteiger partial charge in [0.05, 0.1) is 25.9 Å². The molecule has 0 aromatic heterocycles. The lowest BCUT2D eigenvalue weighted by Crippen LogP contribution is -2.04. The minimum Gasteiger partial charge on any atom is -0.289 e. The van der Waals surface area contributed by atoms with Crippen molar-refractivity contribution in [2.45, 2.75) is 4.90 Å². The molecule has 1 unspecified atom stereocenters. The molecule has 0 N–H and O–H groups in total. The molecular weight excluding hydrogens is 364 g/mol. The maximum absolute atomic E-state index is 13.1. The van der Waals surface area contributed by atoms with E-state index < -0.39 is 20.4 Å². The Kier molecular flexibility index (Phi) is 5.14. The van der Waals surface area contributed by atoms with E-state index in [4.69, 9.17) is 0 Å². The lowest BCUT2D eigenvalue weighted by atomic mass is 10.0. The van der Waals surface area contributed by atoms with Gasteiger partial charge in [0.1, 0.15) is 0 Å². The van der Waals surface area contributed by atoms with Crippen molar-refractivity contribution < 1.29 is 13.9 Å². The zero-order valence-electron chi connectivity index (χ0n) is 14.4. The van der Waals surface area contributed by atoms with Crippen LogP contribution in [0.2, 0.25) is 0 Å². The molecule has 0 aliphatic heterocycles. The summed E-state index contributed by atoms with van der Waals surface area (Å²) in [6.45, 7) is 0. The van der Waals surface area contributed by atoms with Gasteiger partial charge in [-0.3, -0.25) is 14.9 Å². The van der Waals surface area contributed by atoms with Crippen LogP contribution in [0.3, 0.4) is 0 Å². The van der Waals surface area contributed by atoms with Crippen molar-refractivity contribution in [3.05, 3.63) is 100 Å². The number of nitro benzene ring substituents is 1. The van der Waals surface area contributed by atoms with Crippen molar-refractivity contribution in [2.24, 2.45) is 4.36 Å². The van der Waals surface area contributed by atoms with Crippen LogP contribution in [0.4, 0.5) is 11.4 Å². The summed E-state index contributed by atoms with van der Waals surface area (Å²) < 4.78 is 17.4. The molecule has 0 amide bonds. The maximum Gasteiger partial charge on any atom is 0.270 e. The van der Waals surface area contributed by atoms with Gasteiger partial charge in [-0.05, 0) is 18.2 Å². The summed E-state index contributed by atoms with van der Waals surface area (Å²) in [6.07, 6.45) is 1.47. The monoisotopic (exact) mass is 380 g/mol. The molecule has 6 nitrogen and oxygen atoms in total. The average molecular weight is 380 g/mol. The first kappa shape index (κ1) is 18.5. The summed E-state index contributed by atoms with van der Waals surface area (Å²) >= 11 is 0. The molecule has 3 aromatic carbocycles. The highest BCUT2D eigenvalue weighted by atomic mass is 32.2. The fourth-order valence-corrected chi connectivity index (χ4v) is 3.86. The van der Waals surface area contributed by atoms with E-state index in [-0.39, 0.29) is 16.9 Å². The Hall–Kier alpha value is -3.32.